The third-order valence-corrected chi connectivity index (χ3v) is 4.68. The van der Waals surface area contributed by atoms with E-state index < -0.39 is 0 Å². The van der Waals surface area contributed by atoms with Crippen molar-refractivity contribution < 1.29 is 4.79 Å². The molecule has 0 aromatic heterocycles. The number of aryl methyl sites for hydroxylation is 1. The van der Waals surface area contributed by atoms with Crippen LogP contribution in [0.5, 0.6) is 0 Å². The maximum atomic E-state index is 12.6. The van der Waals surface area contributed by atoms with Gasteiger partial charge in [0, 0.05) is 6.54 Å². The van der Waals surface area contributed by atoms with Gasteiger partial charge in [-0.1, -0.05) is 44.5 Å². The average Bonchev–Trinajstić information content (AvgIpc) is 3.28. The first-order chi connectivity index (χ1) is 10.2. The van der Waals surface area contributed by atoms with Crippen molar-refractivity contribution in [2.24, 2.45) is 5.92 Å². The maximum absolute atomic E-state index is 12.6. The van der Waals surface area contributed by atoms with Crippen LogP contribution in [0.25, 0.3) is 0 Å². The zero-order valence-corrected chi connectivity index (χ0v) is 13.1. The van der Waals surface area contributed by atoms with E-state index in [0.29, 0.717) is 5.91 Å². The molecule has 1 saturated carbocycles. The molecule has 1 aliphatic carbocycles. The number of hydrogen-bond acceptors (Lipinski definition) is 2. The number of benzene rings is 1. The van der Waals surface area contributed by atoms with Gasteiger partial charge in [0.2, 0.25) is 5.91 Å². The Kier molecular flexibility index (Phi) is 4.29. The molecule has 3 rings (SSSR count). The van der Waals surface area contributed by atoms with Crippen LogP contribution in [-0.4, -0.2) is 23.4 Å². The fourth-order valence-electron chi connectivity index (χ4n) is 3.16. The number of amides is 1. The van der Waals surface area contributed by atoms with E-state index in [1.807, 2.05) is 0 Å². The molecule has 2 atom stereocenters. The van der Waals surface area contributed by atoms with Gasteiger partial charge in [0.15, 0.2) is 0 Å². The standard InChI is InChI=1S/C18H26N2O/c1-3-5-16-18(21)20(12-14-6-7-14)17(19-16)15-10-8-13(4-2)9-11-15/h8-11,14,16-17,19H,3-7,12H2,1-2H3. The van der Waals surface area contributed by atoms with E-state index in [9.17, 15) is 4.79 Å². The Morgan fingerprint density at radius 3 is 2.48 bits per heavy atom. The second-order valence-corrected chi connectivity index (χ2v) is 6.44. The first-order valence-electron chi connectivity index (χ1n) is 8.38. The largest absolute Gasteiger partial charge is 0.321 e. The van der Waals surface area contributed by atoms with Crippen LogP contribution < -0.4 is 5.32 Å². The average molecular weight is 286 g/mol. The van der Waals surface area contributed by atoms with E-state index in [0.717, 1.165) is 31.7 Å². The van der Waals surface area contributed by atoms with Crippen LogP contribution in [-0.2, 0) is 11.2 Å². The molecule has 0 spiro atoms. The summed E-state index contributed by atoms with van der Waals surface area (Å²) >= 11 is 0. The van der Waals surface area contributed by atoms with Gasteiger partial charge in [-0.25, -0.2) is 0 Å². The first kappa shape index (κ1) is 14.6. The Hall–Kier alpha value is -1.35. The molecule has 2 unspecified atom stereocenters. The molecule has 1 aliphatic heterocycles. The molecule has 114 valence electrons. The quantitative estimate of drug-likeness (QED) is 0.870. The van der Waals surface area contributed by atoms with Crippen molar-refractivity contribution in [2.45, 2.75) is 58.2 Å². The van der Waals surface area contributed by atoms with E-state index in [1.54, 1.807) is 0 Å². The lowest BCUT2D eigenvalue weighted by molar-refractivity contribution is -0.130. The van der Waals surface area contributed by atoms with Gasteiger partial charge >= 0.3 is 0 Å². The highest BCUT2D eigenvalue weighted by atomic mass is 16.2. The van der Waals surface area contributed by atoms with Crippen LogP contribution >= 0.6 is 0 Å². The summed E-state index contributed by atoms with van der Waals surface area (Å²) in [5.41, 5.74) is 2.57. The van der Waals surface area contributed by atoms with E-state index in [1.165, 1.54) is 24.0 Å². The summed E-state index contributed by atoms with van der Waals surface area (Å²) in [6.07, 6.45) is 5.67. The molecule has 3 heteroatoms. The summed E-state index contributed by atoms with van der Waals surface area (Å²) in [5.74, 6) is 1.03. The SMILES string of the molecule is CCCC1NC(c2ccc(CC)cc2)N(CC2CC2)C1=O. The lowest BCUT2D eigenvalue weighted by Gasteiger charge is -2.24. The highest BCUT2D eigenvalue weighted by molar-refractivity contribution is 5.84. The molecule has 1 amide bonds. The Bertz CT molecular complexity index is 492. The summed E-state index contributed by atoms with van der Waals surface area (Å²) in [7, 11) is 0. The number of rotatable bonds is 6. The monoisotopic (exact) mass is 286 g/mol. The maximum Gasteiger partial charge on any atom is 0.241 e. The van der Waals surface area contributed by atoms with Gasteiger partial charge in [0.25, 0.3) is 0 Å². The number of carbonyl (C=O) groups is 1. The second kappa shape index (κ2) is 6.18. The van der Waals surface area contributed by atoms with E-state index in [4.69, 9.17) is 0 Å². The summed E-state index contributed by atoms with van der Waals surface area (Å²) in [6, 6.07) is 8.73. The van der Waals surface area contributed by atoms with E-state index >= 15 is 0 Å². The molecule has 2 aliphatic rings. The smallest absolute Gasteiger partial charge is 0.241 e. The number of carbonyl (C=O) groups excluding carboxylic acids is 1. The highest BCUT2D eigenvalue weighted by Crippen LogP contribution is 2.35. The Labute approximate surface area is 127 Å². The molecule has 1 aromatic carbocycles. The molecule has 3 nitrogen and oxygen atoms in total. The number of nitrogens with one attached hydrogen (secondary N) is 1. The van der Waals surface area contributed by atoms with Gasteiger partial charge in [-0.2, -0.15) is 0 Å². The van der Waals surface area contributed by atoms with Crippen LogP contribution in [0.1, 0.15) is 56.8 Å². The van der Waals surface area contributed by atoms with Crippen molar-refractivity contribution in [3.63, 3.8) is 0 Å². The third kappa shape index (κ3) is 3.13. The van der Waals surface area contributed by atoms with Crippen molar-refractivity contribution in [1.82, 2.24) is 10.2 Å². The van der Waals surface area contributed by atoms with Gasteiger partial charge in [-0.05, 0) is 42.7 Å². The summed E-state index contributed by atoms with van der Waals surface area (Å²) in [5, 5.41) is 3.56. The third-order valence-electron chi connectivity index (χ3n) is 4.68. The number of hydrogen-bond donors (Lipinski definition) is 1. The van der Waals surface area contributed by atoms with Crippen LogP contribution in [0, 0.1) is 5.92 Å². The lowest BCUT2D eigenvalue weighted by atomic mass is 10.1. The normalized spacial score (nSPS) is 25.6. The summed E-state index contributed by atoms with van der Waals surface area (Å²) in [6.45, 7) is 5.23. The van der Waals surface area contributed by atoms with Crippen molar-refractivity contribution in [3.05, 3.63) is 35.4 Å². The van der Waals surface area contributed by atoms with Crippen molar-refractivity contribution >= 4 is 5.91 Å². The highest BCUT2D eigenvalue weighted by Gasteiger charge is 2.41. The zero-order valence-electron chi connectivity index (χ0n) is 13.1. The van der Waals surface area contributed by atoms with Crippen LogP contribution in [0.3, 0.4) is 0 Å². The van der Waals surface area contributed by atoms with Crippen LogP contribution in [0.4, 0.5) is 0 Å². The second-order valence-electron chi connectivity index (χ2n) is 6.44. The van der Waals surface area contributed by atoms with Gasteiger partial charge < -0.3 is 4.90 Å². The predicted molar refractivity (Wildman–Crippen MR) is 84.8 cm³/mol. The Morgan fingerprint density at radius 2 is 1.90 bits per heavy atom. The van der Waals surface area contributed by atoms with Gasteiger partial charge in [0.1, 0.15) is 6.17 Å². The summed E-state index contributed by atoms with van der Waals surface area (Å²) in [4.78, 5) is 14.7. The first-order valence-corrected chi connectivity index (χ1v) is 8.38. The van der Waals surface area contributed by atoms with Gasteiger partial charge in [0.05, 0.1) is 6.04 Å². The molecule has 1 aromatic rings. The van der Waals surface area contributed by atoms with Gasteiger partial charge in [-0.3, -0.25) is 10.1 Å². The molecule has 1 saturated heterocycles. The zero-order chi connectivity index (χ0) is 14.8. The topological polar surface area (TPSA) is 32.3 Å². The molecule has 21 heavy (non-hydrogen) atoms. The molecule has 2 fully saturated rings. The molecule has 1 N–H and O–H groups in total. The summed E-state index contributed by atoms with van der Waals surface area (Å²) < 4.78 is 0. The van der Waals surface area contributed by atoms with Crippen LogP contribution in [0.2, 0.25) is 0 Å². The minimum absolute atomic E-state index is 0.00426. The van der Waals surface area contributed by atoms with Gasteiger partial charge in [-0.15, -0.1) is 0 Å². The Balaban J connectivity index is 1.80. The fraction of sp³-hybridized carbons (Fsp3) is 0.611. The minimum atomic E-state index is 0.00426. The van der Waals surface area contributed by atoms with Crippen molar-refractivity contribution in [1.29, 1.82) is 0 Å². The lowest BCUT2D eigenvalue weighted by Crippen LogP contribution is -2.32. The van der Waals surface area contributed by atoms with Crippen LogP contribution in [0.15, 0.2) is 24.3 Å². The molecule has 0 radical (unpaired) electrons. The molecular formula is C18H26N2O. The van der Waals surface area contributed by atoms with E-state index in [-0.39, 0.29) is 12.2 Å². The fourth-order valence-corrected chi connectivity index (χ4v) is 3.16. The number of nitrogens with zero attached hydrogens (tertiary/aromatic N) is 1. The molecule has 0 bridgehead atoms. The molecular weight excluding hydrogens is 260 g/mol. The van der Waals surface area contributed by atoms with E-state index in [2.05, 4.69) is 48.3 Å². The predicted octanol–water partition coefficient (Wildman–Crippen LogP) is 3.26. The van der Waals surface area contributed by atoms with Crippen molar-refractivity contribution in [3.8, 4) is 0 Å². The Morgan fingerprint density at radius 1 is 1.19 bits per heavy atom. The minimum Gasteiger partial charge on any atom is -0.321 e. The van der Waals surface area contributed by atoms with Crippen molar-refractivity contribution in [2.75, 3.05) is 6.54 Å². The molecule has 1 heterocycles.